The van der Waals surface area contributed by atoms with Gasteiger partial charge in [0.15, 0.2) is 0 Å². The molecule has 0 aliphatic carbocycles. The molecule has 0 spiro atoms. The van der Waals surface area contributed by atoms with Crippen LogP contribution in [0.15, 0.2) is 39.9 Å². The molecule has 2 unspecified atom stereocenters. The van der Waals surface area contributed by atoms with Crippen molar-refractivity contribution >= 4 is 22.1 Å². The van der Waals surface area contributed by atoms with Crippen molar-refractivity contribution < 1.29 is 8.95 Å². The maximum atomic E-state index is 12.2. The molecule has 0 radical (unpaired) electrons. The van der Waals surface area contributed by atoms with E-state index in [0.29, 0.717) is 5.75 Å². The molecule has 5 heteroatoms. The minimum atomic E-state index is -1.06. The van der Waals surface area contributed by atoms with E-state index in [4.69, 9.17) is 10.5 Å². The Kier molecular flexibility index (Phi) is 4.74. The zero-order chi connectivity index (χ0) is 13.8. The first-order valence-corrected chi connectivity index (χ1v) is 8.13. The Labute approximate surface area is 119 Å². The van der Waals surface area contributed by atoms with Gasteiger partial charge in [0.25, 0.3) is 0 Å². The summed E-state index contributed by atoms with van der Waals surface area (Å²) in [5.41, 5.74) is 8.21. The summed E-state index contributed by atoms with van der Waals surface area (Å²) >= 11 is 1.49. The van der Waals surface area contributed by atoms with Crippen molar-refractivity contribution in [2.75, 3.05) is 12.9 Å². The lowest BCUT2D eigenvalue weighted by Crippen LogP contribution is -2.19. The number of benzene rings is 1. The number of hydrogen-bond acceptors (Lipinski definition) is 4. The van der Waals surface area contributed by atoms with Gasteiger partial charge >= 0.3 is 0 Å². The molecule has 0 aliphatic heterocycles. The van der Waals surface area contributed by atoms with Crippen LogP contribution in [-0.2, 0) is 10.8 Å². The van der Waals surface area contributed by atoms with Crippen LogP contribution in [0.5, 0.6) is 5.75 Å². The van der Waals surface area contributed by atoms with Crippen molar-refractivity contribution in [3.05, 3.63) is 46.8 Å². The number of aryl methyl sites for hydroxylation is 1. The SMILES string of the molecule is COc1ccc(C)cc1C(N)CS(=O)c1cccs1. The van der Waals surface area contributed by atoms with Crippen LogP contribution in [0.1, 0.15) is 17.2 Å². The summed E-state index contributed by atoms with van der Waals surface area (Å²) in [5.74, 6) is 1.15. The van der Waals surface area contributed by atoms with Crippen LogP contribution < -0.4 is 10.5 Å². The van der Waals surface area contributed by atoms with Gasteiger partial charge in [-0.05, 0) is 24.4 Å². The normalized spacial score (nSPS) is 14.1. The second kappa shape index (κ2) is 6.32. The maximum absolute atomic E-state index is 12.2. The molecule has 0 saturated carbocycles. The average molecular weight is 295 g/mol. The van der Waals surface area contributed by atoms with Gasteiger partial charge in [0.1, 0.15) is 5.75 Å². The summed E-state index contributed by atoms with van der Waals surface area (Å²) in [6, 6.07) is 9.36. The molecule has 3 nitrogen and oxygen atoms in total. The lowest BCUT2D eigenvalue weighted by molar-refractivity contribution is 0.407. The molecule has 0 bridgehead atoms. The Morgan fingerprint density at radius 3 is 2.84 bits per heavy atom. The van der Waals surface area contributed by atoms with E-state index in [1.54, 1.807) is 7.11 Å². The van der Waals surface area contributed by atoms with E-state index in [1.807, 2.05) is 42.6 Å². The number of methoxy groups -OCH3 is 1. The fourth-order valence-corrected chi connectivity index (χ4v) is 4.02. The monoisotopic (exact) mass is 295 g/mol. The average Bonchev–Trinajstić information content (AvgIpc) is 2.92. The molecule has 1 aromatic carbocycles. The topological polar surface area (TPSA) is 52.3 Å². The summed E-state index contributed by atoms with van der Waals surface area (Å²) in [6.45, 7) is 2.01. The lowest BCUT2D eigenvalue weighted by Gasteiger charge is -2.15. The summed E-state index contributed by atoms with van der Waals surface area (Å²) in [5, 5.41) is 1.92. The molecule has 19 heavy (non-hydrogen) atoms. The third-order valence-corrected chi connectivity index (χ3v) is 5.59. The van der Waals surface area contributed by atoms with E-state index in [0.717, 1.165) is 21.1 Å². The van der Waals surface area contributed by atoms with Crippen LogP contribution in [0.2, 0.25) is 0 Å². The lowest BCUT2D eigenvalue weighted by atomic mass is 10.1. The molecule has 0 amide bonds. The second-order valence-corrected chi connectivity index (χ2v) is 6.97. The fraction of sp³-hybridized carbons (Fsp3) is 0.286. The molecule has 2 aromatic rings. The van der Waals surface area contributed by atoms with Crippen LogP contribution >= 0.6 is 11.3 Å². The van der Waals surface area contributed by atoms with Crippen LogP contribution in [0, 0.1) is 6.92 Å². The first-order chi connectivity index (χ1) is 9.11. The van der Waals surface area contributed by atoms with Crippen LogP contribution in [0.4, 0.5) is 0 Å². The molecular formula is C14H17NO2S2. The highest BCUT2D eigenvalue weighted by Gasteiger charge is 2.16. The molecule has 1 aromatic heterocycles. The van der Waals surface area contributed by atoms with Gasteiger partial charge in [0.05, 0.1) is 22.1 Å². The Morgan fingerprint density at radius 1 is 1.42 bits per heavy atom. The Hall–Kier alpha value is -1.17. The predicted molar refractivity (Wildman–Crippen MR) is 80.3 cm³/mol. The second-order valence-electron chi connectivity index (χ2n) is 4.30. The minimum Gasteiger partial charge on any atom is -0.496 e. The molecule has 102 valence electrons. The van der Waals surface area contributed by atoms with Crippen LogP contribution in [0.3, 0.4) is 0 Å². The molecule has 2 N–H and O–H groups in total. The summed E-state index contributed by atoms with van der Waals surface area (Å²) in [6.07, 6.45) is 0. The smallest absolute Gasteiger partial charge is 0.123 e. The van der Waals surface area contributed by atoms with Crippen molar-refractivity contribution in [1.82, 2.24) is 0 Å². The van der Waals surface area contributed by atoms with Gasteiger partial charge in [-0.25, -0.2) is 0 Å². The van der Waals surface area contributed by atoms with Crippen molar-refractivity contribution in [3.8, 4) is 5.75 Å². The number of hydrogen-bond donors (Lipinski definition) is 1. The van der Waals surface area contributed by atoms with E-state index >= 15 is 0 Å². The van der Waals surface area contributed by atoms with E-state index in [2.05, 4.69) is 0 Å². The number of nitrogens with two attached hydrogens (primary N) is 1. The van der Waals surface area contributed by atoms with Gasteiger partial charge < -0.3 is 10.5 Å². The Balaban J connectivity index is 2.18. The zero-order valence-corrected chi connectivity index (χ0v) is 12.6. The van der Waals surface area contributed by atoms with Crippen molar-refractivity contribution in [3.63, 3.8) is 0 Å². The van der Waals surface area contributed by atoms with E-state index in [1.165, 1.54) is 11.3 Å². The Bertz CT molecular complexity index is 567. The third kappa shape index (κ3) is 3.43. The highest BCUT2D eigenvalue weighted by molar-refractivity contribution is 7.87. The Morgan fingerprint density at radius 2 is 2.21 bits per heavy atom. The molecule has 2 atom stereocenters. The third-order valence-electron chi connectivity index (χ3n) is 2.84. The van der Waals surface area contributed by atoms with E-state index in [-0.39, 0.29) is 6.04 Å². The first-order valence-electron chi connectivity index (χ1n) is 5.94. The molecule has 2 rings (SSSR count). The standard InChI is InChI=1S/C14H17NO2S2/c1-10-5-6-13(17-2)11(8-10)12(15)9-19(16)14-4-3-7-18-14/h3-8,12H,9,15H2,1-2H3. The van der Waals surface area contributed by atoms with Crippen molar-refractivity contribution in [1.29, 1.82) is 0 Å². The van der Waals surface area contributed by atoms with Crippen molar-refractivity contribution in [2.24, 2.45) is 5.73 Å². The quantitative estimate of drug-likeness (QED) is 0.923. The highest BCUT2D eigenvalue weighted by atomic mass is 32.2. The molecule has 0 fully saturated rings. The highest BCUT2D eigenvalue weighted by Crippen LogP contribution is 2.27. The minimum absolute atomic E-state index is 0.294. The zero-order valence-electron chi connectivity index (χ0n) is 11.0. The van der Waals surface area contributed by atoms with Gasteiger partial charge in [0, 0.05) is 17.4 Å². The predicted octanol–water partition coefficient (Wildman–Crippen LogP) is 2.87. The number of ether oxygens (including phenoxy) is 1. The fourth-order valence-electron chi connectivity index (χ4n) is 1.87. The summed E-state index contributed by atoms with van der Waals surface area (Å²) < 4.78 is 18.4. The maximum Gasteiger partial charge on any atom is 0.123 e. The van der Waals surface area contributed by atoms with Gasteiger partial charge in [-0.2, -0.15) is 0 Å². The van der Waals surface area contributed by atoms with Crippen LogP contribution in [-0.4, -0.2) is 17.1 Å². The molecule has 1 heterocycles. The van der Waals surface area contributed by atoms with Gasteiger partial charge in [-0.3, -0.25) is 4.21 Å². The largest absolute Gasteiger partial charge is 0.496 e. The van der Waals surface area contributed by atoms with Crippen molar-refractivity contribution in [2.45, 2.75) is 17.2 Å². The molecular weight excluding hydrogens is 278 g/mol. The van der Waals surface area contributed by atoms with E-state index in [9.17, 15) is 4.21 Å². The van der Waals surface area contributed by atoms with Gasteiger partial charge in [-0.1, -0.05) is 23.8 Å². The number of rotatable bonds is 5. The van der Waals surface area contributed by atoms with Gasteiger partial charge in [-0.15, -0.1) is 11.3 Å². The number of thiophene rings is 1. The first kappa shape index (κ1) is 14.2. The molecule has 0 saturated heterocycles. The van der Waals surface area contributed by atoms with E-state index < -0.39 is 10.8 Å². The molecule has 0 aliphatic rings. The summed E-state index contributed by atoms with van der Waals surface area (Å²) in [4.78, 5) is 0. The van der Waals surface area contributed by atoms with Gasteiger partial charge in [0.2, 0.25) is 0 Å². The van der Waals surface area contributed by atoms with Crippen LogP contribution in [0.25, 0.3) is 0 Å². The summed E-state index contributed by atoms with van der Waals surface area (Å²) in [7, 11) is 0.560.